The van der Waals surface area contributed by atoms with Crippen LogP contribution in [0.3, 0.4) is 0 Å². The largest absolute Gasteiger partial charge is 0.364 e. The lowest BCUT2D eigenvalue weighted by atomic mass is 9.66. The Labute approximate surface area is 123 Å². The quantitative estimate of drug-likeness (QED) is 0.906. The van der Waals surface area contributed by atoms with Crippen LogP contribution in [0.2, 0.25) is 0 Å². The summed E-state index contributed by atoms with van der Waals surface area (Å²) in [6, 6.07) is 6.28. The number of amides is 1. The molecule has 1 saturated heterocycles. The molecule has 1 aromatic rings. The first-order valence-electron chi connectivity index (χ1n) is 7.63. The lowest BCUT2D eigenvalue weighted by Crippen LogP contribution is -2.52. The zero-order valence-electron chi connectivity index (χ0n) is 12.4. The molecule has 1 aromatic carbocycles. The summed E-state index contributed by atoms with van der Waals surface area (Å²) in [6.45, 7) is 5.06. The molecule has 1 heterocycles. The first-order valence-corrected chi connectivity index (χ1v) is 7.63. The second-order valence-electron chi connectivity index (χ2n) is 7.24. The molecule has 1 aliphatic heterocycles. The van der Waals surface area contributed by atoms with Gasteiger partial charge in [-0.15, -0.1) is 0 Å². The Morgan fingerprint density at radius 3 is 2.81 bits per heavy atom. The molecule has 1 amide bonds. The standard InChI is InChI=1S/C17H20FNO2/c1-15-10-21-17(9-11(15)7-8-16(15,17)2)14(20)19-13-6-4-3-5-12(13)18/h3-6,11H,7-10H2,1-2H3,(H,19,20)/t11-,15-,16+,17+/m0/s1. The highest BCUT2D eigenvalue weighted by Gasteiger charge is 2.78. The van der Waals surface area contributed by atoms with E-state index in [1.807, 2.05) is 0 Å². The van der Waals surface area contributed by atoms with Gasteiger partial charge in [0.25, 0.3) is 5.91 Å². The van der Waals surface area contributed by atoms with Crippen LogP contribution in [0.5, 0.6) is 0 Å². The van der Waals surface area contributed by atoms with Gasteiger partial charge in [-0.25, -0.2) is 4.39 Å². The van der Waals surface area contributed by atoms with Gasteiger partial charge in [0, 0.05) is 10.8 Å². The molecule has 1 N–H and O–H groups in total. The number of ether oxygens (including phenoxy) is 1. The van der Waals surface area contributed by atoms with Gasteiger partial charge in [0.1, 0.15) is 5.82 Å². The van der Waals surface area contributed by atoms with E-state index in [4.69, 9.17) is 4.74 Å². The van der Waals surface area contributed by atoms with Gasteiger partial charge in [-0.05, 0) is 37.3 Å². The number of hydrogen-bond donors (Lipinski definition) is 1. The van der Waals surface area contributed by atoms with Crippen molar-refractivity contribution in [2.45, 2.75) is 38.7 Å². The fourth-order valence-corrected chi connectivity index (χ4v) is 5.04. The number of halogens is 1. The average molecular weight is 289 g/mol. The van der Waals surface area contributed by atoms with Crippen molar-refractivity contribution in [2.24, 2.45) is 16.7 Å². The van der Waals surface area contributed by atoms with E-state index in [-0.39, 0.29) is 22.4 Å². The minimum absolute atomic E-state index is 0.0829. The van der Waals surface area contributed by atoms with Crippen LogP contribution in [0.25, 0.3) is 0 Å². The molecule has 0 spiro atoms. The van der Waals surface area contributed by atoms with Crippen molar-refractivity contribution in [3.8, 4) is 0 Å². The molecular formula is C17H20FNO2. The molecule has 4 atom stereocenters. The maximum Gasteiger partial charge on any atom is 0.257 e. The molecular weight excluding hydrogens is 269 g/mol. The lowest BCUT2D eigenvalue weighted by molar-refractivity contribution is -0.149. The molecule has 0 unspecified atom stereocenters. The van der Waals surface area contributed by atoms with Gasteiger partial charge in [0.2, 0.25) is 0 Å². The van der Waals surface area contributed by atoms with E-state index < -0.39 is 11.4 Å². The first kappa shape index (κ1) is 13.3. The Kier molecular flexibility index (Phi) is 2.44. The molecule has 2 saturated carbocycles. The molecule has 4 bridgehead atoms. The smallest absolute Gasteiger partial charge is 0.257 e. The Morgan fingerprint density at radius 1 is 1.38 bits per heavy atom. The Bertz CT molecular complexity index is 633. The predicted octanol–water partition coefficient (Wildman–Crippen LogP) is 3.36. The molecule has 4 heteroatoms. The van der Waals surface area contributed by atoms with Crippen LogP contribution < -0.4 is 5.32 Å². The van der Waals surface area contributed by atoms with Gasteiger partial charge in [-0.1, -0.05) is 26.0 Å². The predicted molar refractivity (Wildman–Crippen MR) is 77.3 cm³/mol. The number of carbonyl (C=O) groups excluding carboxylic acids is 1. The Balaban J connectivity index is 1.68. The van der Waals surface area contributed by atoms with E-state index in [1.54, 1.807) is 18.2 Å². The summed E-state index contributed by atoms with van der Waals surface area (Å²) in [5.74, 6) is -0.0417. The normalized spacial score (nSPS) is 43.3. The number of nitrogens with one attached hydrogen (secondary N) is 1. The minimum atomic E-state index is -0.785. The van der Waals surface area contributed by atoms with Crippen molar-refractivity contribution in [1.29, 1.82) is 0 Å². The van der Waals surface area contributed by atoms with Crippen molar-refractivity contribution in [2.75, 3.05) is 11.9 Å². The second-order valence-corrected chi connectivity index (χ2v) is 7.24. The van der Waals surface area contributed by atoms with Crippen LogP contribution in [-0.4, -0.2) is 18.1 Å². The zero-order valence-corrected chi connectivity index (χ0v) is 12.4. The van der Waals surface area contributed by atoms with Crippen LogP contribution in [0, 0.1) is 22.6 Å². The van der Waals surface area contributed by atoms with Gasteiger partial charge in [-0.2, -0.15) is 0 Å². The third kappa shape index (κ3) is 1.35. The van der Waals surface area contributed by atoms with Gasteiger partial charge in [-0.3, -0.25) is 4.79 Å². The van der Waals surface area contributed by atoms with Gasteiger partial charge in [0.15, 0.2) is 5.60 Å². The van der Waals surface area contributed by atoms with Gasteiger partial charge >= 0.3 is 0 Å². The van der Waals surface area contributed by atoms with Gasteiger partial charge < -0.3 is 10.1 Å². The Hall–Kier alpha value is -1.42. The molecule has 4 rings (SSSR count). The molecule has 0 aromatic heterocycles. The lowest BCUT2D eigenvalue weighted by Gasteiger charge is -2.40. The topological polar surface area (TPSA) is 38.3 Å². The van der Waals surface area contributed by atoms with Crippen LogP contribution in [0.4, 0.5) is 10.1 Å². The van der Waals surface area contributed by atoms with Crippen molar-refractivity contribution < 1.29 is 13.9 Å². The van der Waals surface area contributed by atoms with E-state index in [9.17, 15) is 9.18 Å². The van der Waals surface area contributed by atoms with E-state index in [2.05, 4.69) is 19.2 Å². The summed E-state index contributed by atoms with van der Waals surface area (Å²) in [5, 5.41) is 2.76. The summed E-state index contributed by atoms with van der Waals surface area (Å²) >= 11 is 0. The average Bonchev–Trinajstić information content (AvgIpc) is 2.93. The van der Waals surface area contributed by atoms with Gasteiger partial charge in [0.05, 0.1) is 12.3 Å². The van der Waals surface area contributed by atoms with E-state index in [0.29, 0.717) is 12.5 Å². The fraction of sp³-hybridized carbons (Fsp3) is 0.588. The van der Waals surface area contributed by atoms with Crippen LogP contribution in [0.15, 0.2) is 24.3 Å². The summed E-state index contributed by atoms with van der Waals surface area (Å²) in [5.41, 5.74) is -0.604. The second kappa shape index (κ2) is 3.86. The number of hydrogen-bond acceptors (Lipinski definition) is 2. The van der Waals surface area contributed by atoms with Crippen LogP contribution in [-0.2, 0) is 9.53 Å². The third-order valence-corrected chi connectivity index (χ3v) is 6.69. The van der Waals surface area contributed by atoms with Crippen molar-refractivity contribution >= 4 is 11.6 Å². The third-order valence-electron chi connectivity index (χ3n) is 6.69. The minimum Gasteiger partial charge on any atom is -0.364 e. The molecule has 2 aliphatic carbocycles. The number of benzene rings is 1. The van der Waals surface area contributed by atoms with E-state index >= 15 is 0 Å². The number of para-hydroxylation sites is 1. The van der Waals surface area contributed by atoms with Crippen molar-refractivity contribution in [1.82, 2.24) is 0 Å². The van der Waals surface area contributed by atoms with Crippen LogP contribution >= 0.6 is 0 Å². The van der Waals surface area contributed by atoms with E-state index in [1.165, 1.54) is 12.5 Å². The molecule has 112 valence electrons. The maximum absolute atomic E-state index is 13.8. The molecule has 21 heavy (non-hydrogen) atoms. The summed E-state index contributed by atoms with van der Waals surface area (Å²) < 4.78 is 19.8. The summed E-state index contributed by atoms with van der Waals surface area (Å²) in [7, 11) is 0. The molecule has 3 nitrogen and oxygen atoms in total. The Morgan fingerprint density at radius 2 is 2.14 bits per heavy atom. The number of anilines is 1. The molecule has 0 radical (unpaired) electrons. The highest BCUT2D eigenvalue weighted by Crippen LogP contribution is 2.75. The summed E-state index contributed by atoms with van der Waals surface area (Å²) in [4.78, 5) is 12.9. The van der Waals surface area contributed by atoms with Crippen LogP contribution in [0.1, 0.15) is 33.1 Å². The number of carbonyl (C=O) groups is 1. The number of rotatable bonds is 2. The van der Waals surface area contributed by atoms with Crippen molar-refractivity contribution in [3.63, 3.8) is 0 Å². The molecule has 3 aliphatic rings. The monoisotopic (exact) mass is 289 g/mol. The van der Waals surface area contributed by atoms with Crippen molar-refractivity contribution in [3.05, 3.63) is 30.1 Å². The van der Waals surface area contributed by atoms with E-state index in [0.717, 1.165) is 12.8 Å². The molecule has 3 fully saturated rings. The fourth-order valence-electron chi connectivity index (χ4n) is 5.04. The highest BCUT2D eigenvalue weighted by molar-refractivity contribution is 5.99. The highest BCUT2D eigenvalue weighted by atomic mass is 19.1. The first-order chi connectivity index (χ1) is 9.93. The maximum atomic E-state index is 13.8. The SMILES string of the molecule is C[C@]12CC[C@H]3C[C@]1(C(=O)Nc1ccccc1F)OC[C@@]32C. The zero-order chi connectivity index (χ0) is 14.9. The summed E-state index contributed by atoms with van der Waals surface area (Å²) in [6.07, 6.45) is 2.95.